The first-order valence-electron chi connectivity index (χ1n) is 7.33. The fourth-order valence-corrected chi connectivity index (χ4v) is 3.61. The van der Waals surface area contributed by atoms with Crippen molar-refractivity contribution in [1.82, 2.24) is 15.1 Å². The smallest absolute Gasteiger partial charge is 0.310 e. The van der Waals surface area contributed by atoms with Crippen molar-refractivity contribution in [2.24, 2.45) is 0 Å². The number of nitrogens with zero attached hydrogens (tertiary/aromatic N) is 2. The van der Waals surface area contributed by atoms with Gasteiger partial charge in [-0.1, -0.05) is 29.3 Å². The van der Waals surface area contributed by atoms with E-state index in [0.29, 0.717) is 23.1 Å². The maximum absolute atomic E-state index is 11.7. The van der Waals surface area contributed by atoms with Crippen molar-refractivity contribution in [3.63, 3.8) is 0 Å². The molecule has 1 atom stereocenters. The van der Waals surface area contributed by atoms with Gasteiger partial charge in [-0.3, -0.25) is 15.0 Å². The van der Waals surface area contributed by atoms with Crippen LogP contribution in [0.1, 0.15) is 12.0 Å². The van der Waals surface area contributed by atoms with Crippen LogP contribution >= 0.6 is 23.2 Å². The normalized spacial score (nSPS) is 21.9. The second-order valence-electron chi connectivity index (χ2n) is 5.61. The zero-order valence-corrected chi connectivity index (χ0v) is 13.5. The van der Waals surface area contributed by atoms with Gasteiger partial charge >= 0.3 is 6.03 Å². The molecule has 2 fully saturated rings. The Hall–Kier alpha value is -1.30. The second-order valence-corrected chi connectivity index (χ2v) is 6.42. The summed E-state index contributed by atoms with van der Waals surface area (Å²) in [5.74, 6) is -0.191. The number of piperazine rings is 1. The topological polar surface area (TPSA) is 52.7 Å². The number of fused-ring (bicyclic) bond motifs is 1. The molecule has 118 valence electrons. The summed E-state index contributed by atoms with van der Waals surface area (Å²) in [4.78, 5) is 27.1. The lowest BCUT2D eigenvalue weighted by molar-refractivity contribution is -0.122. The van der Waals surface area contributed by atoms with Crippen molar-refractivity contribution in [2.45, 2.75) is 18.9 Å². The highest BCUT2D eigenvalue weighted by Gasteiger charge is 2.41. The third-order valence-electron chi connectivity index (χ3n) is 4.22. The van der Waals surface area contributed by atoms with Gasteiger partial charge in [-0.25, -0.2) is 4.79 Å². The quantitative estimate of drug-likeness (QED) is 0.854. The molecule has 0 aliphatic carbocycles. The van der Waals surface area contributed by atoms with Gasteiger partial charge in [0, 0.05) is 29.7 Å². The Balaban J connectivity index is 1.53. The number of halogens is 2. The van der Waals surface area contributed by atoms with Gasteiger partial charge in [0.25, 0.3) is 5.91 Å². The van der Waals surface area contributed by atoms with E-state index in [1.54, 1.807) is 4.90 Å². The van der Waals surface area contributed by atoms with Crippen LogP contribution in [0.4, 0.5) is 4.79 Å². The number of benzene rings is 1. The van der Waals surface area contributed by atoms with Crippen LogP contribution in [-0.4, -0.2) is 54.0 Å². The monoisotopic (exact) mass is 341 g/mol. The van der Waals surface area contributed by atoms with E-state index >= 15 is 0 Å². The molecule has 3 amide bonds. The van der Waals surface area contributed by atoms with Gasteiger partial charge in [0.2, 0.25) is 0 Å². The molecule has 0 bridgehead atoms. The third kappa shape index (κ3) is 3.07. The molecule has 2 aliphatic rings. The van der Waals surface area contributed by atoms with Gasteiger partial charge in [0.15, 0.2) is 0 Å². The van der Waals surface area contributed by atoms with Crippen molar-refractivity contribution >= 4 is 35.1 Å². The summed E-state index contributed by atoms with van der Waals surface area (Å²) < 4.78 is 0. The lowest BCUT2D eigenvalue weighted by Crippen LogP contribution is -2.53. The molecule has 0 unspecified atom stereocenters. The molecule has 5 nitrogen and oxygen atoms in total. The van der Waals surface area contributed by atoms with Gasteiger partial charge in [-0.15, -0.1) is 0 Å². The van der Waals surface area contributed by atoms with Crippen LogP contribution in [0.25, 0.3) is 0 Å². The van der Waals surface area contributed by atoms with Crippen LogP contribution in [-0.2, 0) is 11.2 Å². The van der Waals surface area contributed by atoms with Gasteiger partial charge in [0.05, 0.1) is 0 Å². The number of imide groups is 1. The maximum Gasteiger partial charge on any atom is 0.324 e. The SMILES string of the molecule is O=C1NC(=O)N2CCN(CCCc3c(Cl)cccc3Cl)C[C@@H]12. The first-order valence-corrected chi connectivity index (χ1v) is 8.08. The summed E-state index contributed by atoms with van der Waals surface area (Å²) in [7, 11) is 0. The number of amides is 3. The Kier molecular flexibility index (Phi) is 4.57. The van der Waals surface area contributed by atoms with Gasteiger partial charge in [-0.2, -0.15) is 0 Å². The van der Waals surface area contributed by atoms with E-state index in [1.165, 1.54) is 0 Å². The summed E-state index contributed by atoms with van der Waals surface area (Å²) >= 11 is 12.3. The van der Waals surface area contributed by atoms with Crippen molar-refractivity contribution < 1.29 is 9.59 Å². The minimum absolute atomic E-state index is 0.191. The Morgan fingerprint density at radius 3 is 2.64 bits per heavy atom. The number of hydrogen-bond donors (Lipinski definition) is 1. The van der Waals surface area contributed by atoms with E-state index in [-0.39, 0.29) is 18.0 Å². The van der Waals surface area contributed by atoms with Gasteiger partial charge < -0.3 is 4.90 Å². The van der Waals surface area contributed by atoms with Gasteiger partial charge in [-0.05, 0) is 37.1 Å². The molecular weight excluding hydrogens is 325 g/mol. The number of carbonyl (C=O) groups excluding carboxylic acids is 2. The van der Waals surface area contributed by atoms with Crippen LogP contribution in [0.5, 0.6) is 0 Å². The van der Waals surface area contributed by atoms with E-state index in [0.717, 1.165) is 31.5 Å². The molecule has 0 radical (unpaired) electrons. The standard InChI is InChI=1S/C15H17Cl2N3O2/c16-11-4-1-5-12(17)10(11)3-2-6-19-7-8-20-13(9-19)14(21)18-15(20)22/h1,4-5,13H,2-3,6-9H2,(H,18,21,22)/t13-/m0/s1. The van der Waals surface area contributed by atoms with Crippen LogP contribution in [0.2, 0.25) is 10.0 Å². The predicted molar refractivity (Wildman–Crippen MR) is 85.3 cm³/mol. The van der Waals surface area contributed by atoms with Crippen molar-refractivity contribution in [3.05, 3.63) is 33.8 Å². The summed E-state index contributed by atoms with van der Waals surface area (Å²) in [6.45, 7) is 2.82. The van der Waals surface area contributed by atoms with E-state index in [2.05, 4.69) is 10.2 Å². The largest absolute Gasteiger partial charge is 0.324 e. The molecule has 2 heterocycles. The molecule has 1 aromatic rings. The number of carbonyl (C=O) groups is 2. The number of hydrogen-bond acceptors (Lipinski definition) is 3. The molecular formula is C15H17Cl2N3O2. The average Bonchev–Trinajstić information content (AvgIpc) is 2.77. The molecule has 0 aromatic heterocycles. The minimum atomic E-state index is -0.342. The van der Waals surface area contributed by atoms with Crippen molar-refractivity contribution in [3.8, 4) is 0 Å². The zero-order chi connectivity index (χ0) is 15.7. The molecule has 1 aromatic carbocycles. The fraction of sp³-hybridized carbons (Fsp3) is 0.467. The summed E-state index contributed by atoms with van der Waals surface area (Å²) in [6, 6.07) is 4.91. The fourth-order valence-electron chi connectivity index (χ4n) is 3.02. The Morgan fingerprint density at radius 2 is 1.91 bits per heavy atom. The molecule has 0 saturated carbocycles. The number of nitrogens with one attached hydrogen (secondary N) is 1. The molecule has 22 heavy (non-hydrogen) atoms. The molecule has 2 saturated heterocycles. The Morgan fingerprint density at radius 1 is 1.18 bits per heavy atom. The third-order valence-corrected chi connectivity index (χ3v) is 4.93. The van der Waals surface area contributed by atoms with E-state index in [1.807, 2.05) is 18.2 Å². The minimum Gasteiger partial charge on any atom is -0.310 e. The highest BCUT2D eigenvalue weighted by molar-refractivity contribution is 6.35. The maximum atomic E-state index is 11.7. The molecule has 1 N–H and O–H groups in total. The lowest BCUT2D eigenvalue weighted by atomic mass is 10.1. The number of urea groups is 1. The van der Waals surface area contributed by atoms with E-state index < -0.39 is 0 Å². The van der Waals surface area contributed by atoms with E-state index in [4.69, 9.17) is 23.2 Å². The first-order chi connectivity index (χ1) is 10.6. The molecule has 2 aliphatic heterocycles. The lowest BCUT2D eigenvalue weighted by Gasteiger charge is -2.35. The molecule has 0 spiro atoms. The molecule has 7 heteroatoms. The van der Waals surface area contributed by atoms with Gasteiger partial charge in [0.1, 0.15) is 6.04 Å². The van der Waals surface area contributed by atoms with Crippen LogP contribution in [0, 0.1) is 0 Å². The van der Waals surface area contributed by atoms with Crippen molar-refractivity contribution in [1.29, 1.82) is 0 Å². The average molecular weight is 342 g/mol. The van der Waals surface area contributed by atoms with Crippen LogP contribution in [0.3, 0.4) is 0 Å². The van der Waals surface area contributed by atoms with Crippen molar-refractivity contribution in [2.75, 3.05) is 26.2 Å². The van der Waals surface area contributed by atoms with Crippen LogP contribution < -0.4 is 5.32 Å². The Bertz CT molecular complexity index is 588. The predicted octanol–water partition coefficient (Wildman–Crippen LogP) is 2.16. The highest BCUT2D eigenvalue weighted by Crippen LogP contribution is 2.25. The summed E-state index contributed by atoms with van der Waals surface area (Å²) in [5, 5.41) is 3.75. The van der Waals surface area contributed by atoms with E-state index in [9.17, 15) is 9.59 Å². The zero-order valence-electron chi connectivity index (χ0n) is 12.0. The first kappa shape index (κ1) is 15.6. The highest BCUT2D eigenvalue weighted by atomic mass is 35.5. The number of rotatable bonds is 4. The summed E-state index contributed by atoms with van der Waals surface area (Å²) in [6.07, 6.45) is 1.71. The second kappa shape index (κ2) is 6.44. The van der Waals surface area contributed by atoms with Crippen LogP contribution in [0.15, 0.2) is 18.2 Å². The Labute approximate surface area is 139 Å². The molecule has 3 rings (SSSR count). The summed E-state index contributed by atoms with van der Waals surface area (Å²) in [5.41, 5.74) is 0.971.